The number of rotatable bonds is 8. The fourth-order valence-electron chi connectivity index (χ4n) is 2.19. The first-order chi connectivity index (χ1) is 10.3. The predicted octanol–water partition coefficient (Wildman–Crippen LogP) is 2.78. The van der Waals surface area contributed by atoms with Crippen LogP contribution in [0.2, 0.25) is 0 Å². The van der Waals surface area contributed by atoms with Crippen LogP contribution in [0.25, 0.3) is 0 Å². The maximum atomic E-state index is 5.97. The van der Waals surface area contributed by atoms with E-state index < -0.39 is 0 Å². The van der Waals surface area contributed by atoms with Crippen molar-refractivity contribution < 1.29 is 4.74 Å². The molecule has 2 aromatic rings. The molecule has 2 rings (SSSR count). The number of hydrogen-bond acceptors (Lipinski definition) is 4. The monoisotopic (exact) mass is 285 g/mol. The summed E-state index contributed by atoms with van der Waals surface area (Å²) in [5.74, 6) is 0.775. The van der Waals surface area contributed by atoms with E-state index in [-0.39, 0.29) is 0 Å². The first kappa shape index (κ1) is 15.3. The molecule has 21 heavy (non-hydrogen) atoms. The SMILES string of the molecule is CCOc1ccc(CCCNCc2ccncc2)cc1N. The second kappa shape index (κ2) is 8.27. The van der Waals surface area contributed by atoms with Gasteiger partial charge in [-0.15, -0.1) is 0 Å². The van der Waals surface area contributed by atoms with Gasteiger partial charge in [-0.05, 0) is 61.7 Å². The topological polar surface area (TPSA) is 60.2 Å². The van der Waals surface area contributed by atoms with Gasteiger partial charge in [-0.3, -0.25) is 4.98 Å². The second-order valence-electron chi connectivity index (χ2n) is 4.94. The summed E-state index contributed by atoms with van der Waals surface area (Å²) in [7, 11) is 0. The fourth-order valence-corrected chi connectivity index (χ4v) is 2.19. The lowest BCUT2D eigenvalue weighted by Gasteiger charge is -2.09. The first-order valence-electron chi connectivity index (χ1n) is 7.40. The lowest BCUT2D eigenvalue weighted by Crippen LogP contribution is -2.15. The molecular weight excluding hydrogens is 262 g/mol. The zero-order valence-corrected chi connectivity index (χ0v) is 12.5. The van der Waals surface area contributed by atoms with Crippen LogP contribution in [0.3, 0.4) is 0 Å². The first-order valence-corrected chi connectivity index (χ1v) is 7.40. The summed E-state index contributed by atoms with van der Waals surface area (Å²) in [6.07, 6.45) is 5.73. The molecule has 0 radical (unpaired) electrons. The lowest BCUT2D eigenvalue weighted by atomic mass is 10.1. The summed E-state index contributed by atoms with van der Waals surface area (Å²) in [4.78, 5) is 4.01. The van der Waals surface area contributed by atoms with E-state index >= 15 is 0 Å². The van der Waals surface area contributed by atoms with Crippen molar-refractivity contribution in [2.24, 2.45) is 0 Å². The second-order valence-corrected chi connectivity index (χ2v) is 4.94. The highest BCUT2D eigenvalue weighted by atomic mass is 16.5. The van der Waals surface area contributed by atoms with Crippen LogP contribution in [0.15, 0.2) is 42.7 Å². The Bertz CT molecular complexity index is 543. The maximum Gasteiger partial charge on any atom is 0.142 e. The molecule has 0 aliphatic carbocycles. The van der Waals surface area contributed by atoms with Gasteiger partial charge in [0.15, 0.2) is 0 Å². The largest absolute Gasteiger partial charge is 0.492 e. The third kappa shape index (κ3) is 5.08. The molecule has 0 fully saturated rings. The number of nitrogens with two attached hydrogens (primary N) is 1. The van der Waals surface area contributed by atoms with E-state index in [0.717, 1.165) is 37.4 Å². The molecule has 3 N–H and O–H groups in total. The number of aryl methyl sites for hydroxylation is 1. The van der Waals surface area contributed by atoms with E-state index in [2.05, 4.69) is 16.4 Å². The normalized spacial score (nSPS) is 10.5. The molecular formula is C17H23N3O. The molecule has 0 unspecified atom stereocenters. The number of nitrogens with one attached hydrogen (secondary N) is 1. The Morgan fingerprint density at radius 3 is 2.67 bits per heavy atom. The van der Waals surface area contributed by atoms with E-state index in [1.54, 1.807) is 0 Å². The Morgan fingerprint density at radius 1 is 1.14 bits per heavy atom. The molecule has 0 aliphatic heterocycles. The zero-order valence-electron chi connectivity index (χ0n) is 12.5. The average Bonchev–Trinajstić information content (AvgIpc) is 2.51. The van der Waals surface area contributed by atoms with Crippen molar-refractivity contribution in [1.82, 2.24) is 10.3 Å². The molecule has 0 saturated heterocycles. The van der Waals surface area contributed by atoms with Crippen LogP contribution < -0.4 is 15.8 Å². The van der Waals surface area contributed by atoms with Crippen molar-refractivity contribution in [3.63, 3.8) is 0 Å². The minimum atomic E-state index is 0.641. The van der Waals surface area contributed by atoms with Crippen molar-refractivity contribution in [2.75, 3.05) is 18.9 Å². The minimum absolute atomic E-state index is 0.641. The predicted molar refractivity (Wildman–Crippen MR) is 86.3 cm³/mol. The molecule has 0 amide bonds. The summed E-state index contributed by atoms with van der Waals surface area (Å²) < 4.78 is 5.44. The summed E-state index contributed by atoms with van der Waals surface area (Å²) in [6, 6.07) is 10.1. The number of hydrogen-bond donors (Lipinski definition) is 2. The lowest BCUT2D eigenvalue weighted by molar-refractivity contribution is 0.342. The van der Waals surface area contributed by atoms with Crippen LogP contribution in [0, 0.1) is 0 Å². The summed E-state index contributed by atoms with van der Waals surface area (Å²) in [5.41, 5.74) is 9.20. The summed E-state index contributed by atoms with van der Waals surface area (Å²) in [6.45, 7) is 4.47. The van der Waals surface area contributed by atoms with Gasteiger partial charge in [0.2, 0.25) is 0 Å². The van der Waals surface area contributed by atoms with E-state index in [1.807, 2.05) is 43.6 Å². The molecule has 0 bridgehead atoms. The molecule has 1 aromatic heterocycles. The summed E-state index contributed by atoms with van der Waals surface area (Å²) in [5, 5.41) is 3.43. The van der Waals surface area contributed by atoms with Crippen LogP contribution in [0.1, 0.15) is 24.5 Å². The van der Waals surface area contributed by atoms with Crippen LogP contribution in [-0.4, -0.2) is 18.1 Å². The number of benzene rings is 1. The molecule has 0 aliphatic rings. The Balaban J connectivity index is 1.70. The highest BCUT2D eigenvalue weighted by Crippen LogP contribution is 2.22. The quantitative estimate of drug-likeness (QED) is 0.578. The molecule has 0 spiro atoms. The highest BCUT2D eigenvalue weighted by molar-refractivity contribution is 5.54. The number of aromatic nitrogens is 1. The number of nitrogens with zero attached hydrogens (tertiary/aromatic N) is 1. The van der Waals surface area contributed by atoms with Gasteiger partial charge in [0.25, 0.3) is 0 Å². The van der Waals surface area contributed by atoms with Gasteiger partial charge >= 0.3 is 0 Å². The van der Waals surface area contributed by atoms with Crippen molar-refractivity contribution in [2.45, 2.75) is 26.3 Å². The van der Waals surface area contributed by atoms with Gasteiger partial charge in [0.1, 0.15) is 5.75 Å². The number of ether oxygens (including phenoxy) is 1. The molecule has 0 atom stereocenters. The van der Waals surface area contributed by atoms with Crippen molar-refractivity contribution in [3.8, 4) is 5.75 Å². The van der Waals surface area contributed by atoms with Crippen molar-refractivity contribution in [1.29, 1.82) is 0 Å². The third-order valence-corrected chi connectivity index (χ3v) is 3.27. The maximum absolute atomic E-state index is 5.97. The van der Waals surface area contributed by atoms with Gasteiger partial charge in [-0.1, -0.05) is 6.07 Å². The molecule has 112 valence electrons. The van der Waals surface area contributed by atoms with Gasteiger partial charge in [0, 0.05) is 18.9 Å². The molecule has 1 heterocycles. The minimum Gasteiger partial charge on any atom is -0.492 e. The van der Waals surface area contributed by atoms with E-state index in [4.69, 9.17) is 10.5 Å². The zero-order chi connectivity index (χ0) is 14.9. The van der Waals surface area contributed by atoms with E-state index in [0.29, 0.717) is 6.61 Å². The Hall–Kier alpha value is -2.07. The fraction of sp³-hybridized carbons (Fsp3) is 0.353. The van der Waals surface area contributed by atoms with Gasteiger partial charge in [-0.2, -0.15) is 0 Å². The molecule has 0 saturated carbocycles. The summed E-state index contributed by atoms with van der Waals surface area (Å²) >= 11 is 0. The number of pyridine rings is 1. The van der Waals surface area contributed by atoms with E-state index in [1.165, 1.54) is 11.1 Å². The van der Waals surface area contributed by atoms with Gasteiger partial charge in [0.05, 0.1) is 12.3 Å². The van der Waals surface area contributed by atoms with Crippen LogP contribution >= 0.6 is 0 Å². The van der Waals surface area contributed by atoms with Crippen molar-refractivity contribution >= 4 is 5.69 Å². The standard InChI is InChI=1S/C17H23N3O/c1-2-21-17-6-5-14(12-16(17)18)4-3-9-20-13-15-7-10-19-11-8-15/h5-8,10-12,20H,2-4,9,13,18H2,1H3. The van der Waals surface area contributed by atoms with E-state index in [9.17, 15) is 0 Å². The van der Waals surface area contributed by atoms with Gasteiger partial charge in [-0.25, -0.2) is 0 Å². The average molecular weight is 285 g/mol. The van der Waals surface area contributed by atoms with Gasteiger partial charge < -0.3 is 15.8 Å². The molecule has 4 heteroatoms. The Labute approximate surface area is 126 Å². The van der Waals surface area contributed by atoms with Crippen LogP contribution in [-0.2, 0) is 13.0 Å². The third-order valence-electron chi connectivity index (χ3n) is 3.27. The molecule has 1 aromatic carbocycles. The smallest absolute Gasteiger partial charge is 0.142 e. The Kier molecular flexibility index (Phi) is 6.03. The number of anilines is 1. The molecule has 4 nitrogen and oxygen atoms in total. The van der Waals surface area contributed by atoms with Crippen molar-refractivity contribution in [3.05, 3.63) is 53.9 Å². The van der Waals surface area contributed by atoms with Crippen LogP contribution in [0.5, 0.6) is 5.75 Å². The highest BCUT2D eigenvalue weighted by Gasteiger charge is 2.01. The number of nitrogen functional groups attached to an aromatic ring is 1. The Morgan fingerprint density at radius 2 is 1.95 bits per heavy atom. The van der Waals surface area contributed by atoms with Crippen LogP contribution in [0.4, 0.5) is 5.69 Å².